The van der Waals surface area contributed by atoms with Gasteiger partial charge in [0.15, 0.2) is 0 Å². The molecule has 1 N–H and O–H groups in total. The van der Waals surface area contributed by atoms with Crippen molar-refractivity contribution in [3.63, 3.8) is 0 Å². The summed E-state index contributed by atoms with van der Waals surface area (Å²) in [5, 5.41) is -0.169. The van der Waals surface area contributed by atoms with Crippen LogP contribution in [0.5, 0.6) is 0 Å². The molecule has 0 spiro atoms. The highest BCUT2D eigenvalue weighted by atomic mass is 31.2. The van der Waals surface area contributed by atoms with E-state index in [1.807, 2.05) is 0 Å². The lowest BCUT2D eigenvalue weighted by molar-refractivity contribution is -0.107. The highest BCUT2D eigenvalue weighted by molar-refractivity contribution is 7.66. The number of hydrogen-bond acceptors (Lipinski definition) is 1. The van der Waals surface area contributed by atoms with Gasteiger partial charge in [0.05, 0.1) is 0 Å². The number of rotatable bonds is 2. The van der Waals surface area contributed by atoms with Crippen molar-refractivity contribution < 1.29 is 22.6 Å². The second-order valence-corrected chi connectivity index (χ2v) is 5.05. The first-order valence-electron chi connectivity index (χ1n) is 3.75. The van der Waals surface area contributed by atoms with Gasteiger partial charge in [-0.25, -0.2) is 0 Å². The molecule has 0 bridgehead atoms. The van der Waals surface area contributed by atoms with Crippen LogP contribution in [0.15, 0.2) is 30.3 Å². The van der Waals surface area contributed by atoms with E-state index in [0.717, 1.165) is 0 Å². The molecule has 1 rings (SSSR count). The number of benzene rings is 1. The van der Waals surface area contributed by atoms with Crippen LogP contribution in [0.2, 0.25) is 0 Å². The fourth-order valence-electron chi connectivity index (χ4n) is 0.995. The van der Waals surface area contributed by atoms with Gasteiger partial charge in [-0.15, -0.1) is 0 Å². The maximum atomic E-state index is 11.9. The van der Waals surface area contributed by atoms with Gasteiger partial charge in [-0.2, -0.15) is 13.2 Å². The molecule has 0 saturated heterocycles. The van der Waals surface area contributed by atoms with Gasteiger partial charge in [0, 0.05) is 5.30 Å². The Morgan fingerprint density at radius 2 is 1.71 bits per heavy atom. The second-order valence-electron chi connectivity index (χ2n) is 2.81. The van der Waals surface area contributed by atoms with Crippen molar-refractivity contribution in [3.8, 4) is 0 Å². The molecule has 14 heavy (non-hydrogen) atoms. The molecule has 78 valence electrons. The Morgan fingerprint density at radius 3 is 2.14 bits per heavy atom. The van der Waals surface area contributed by atoms with Crippen LogP contribution in [0, 0.1) is 0 Å². The Morgan fingerprint density at radius 1 is 1.21 bits per heavy atom. The third-order valence-corrected chi connectivity index (χ3v) is 3.45. The lowest BCUT2D eigenvalue weighted by atomic mass is 10.4. The van der Waals surface area contributed by atoms with E-state index in [4.69, 9.17) is 4.89 Å². The maximum Gasteiger partial charge on any atom is 0.398 e. The summed E-state index contributed by atoms with van der Waals surface area (Å²) in [6.45, 7) is 0. The van der Waals surface area contributed by atoms with E-state index in [2.05, 4.69) is 0 Å². The average Bonchev–Trinajstić information content (AvgIpc) is 2.01. The maximum absolute atomic E-state index is 11.9. The van der Waals surface area contributed by atoms with E-state index in [-0.39, 0.29) is 5.30 Å². The van der Waals surface area contributed by atoms with Crippen LogP contribution in [0.3, 0.4) is 0 Å². The van der Waals surface area contributed by atoms with Gasteiger partial charge in [0.25, 0.3) is 0 Å². The predicted octanol–water partition coefficient (Wildman–Crippen LogP) is 2.14. The summed E-state index contributed by atoms with van der Waals surface area (Å²) in [5.41, 5.74) is 0. The van der Waals surface area contributed by atoms with Gasteiger partial charge in [-0.1, -0.05) is 18.2 Å². The van der Waals surface area contributed by atoms with Crippen LogP contribution in [0.1, 0.15) is 0 Å². The van der Waals surface area contributed by atoms with Crippen LogP contribution < -0.4 is 5.30 Å². The van der Waals surface area contributed by atoms with Gasteiger partial charge in [-0.3, -0.25) is 4.57 Å². The predicted molar refractivity (Wildman–Crippen MR) is 46.8 cm³/mol. The fraction of sp³-hybridized carbons (Fsp3) is 0.250. The minimum atomic E-state index is -4.62. The molecule has 0 amide bonds. The molecule has 0 radical (unpaired) electrons. The summed E-state index contributed by atoms with van der Waals surface area (Å²) in [6, 6.07) is 6.85. The second kappa shape index (κ2) is 3.75. The van der Waals surface area contributed by atoms with Gasteiger partial charge in [0.1, 0.15) is 6.16 Å². The molecule has 0 saturated carbocycles. The van der Waals surface area contributed by atoms with Crippen LogP contribution in [0.25, 0.3) is 0 Å². The summed E-state index contributed by atoms with van der Waals surface area (Å²) in [6.07, 6.45) is -6.30. The average molecular weight is 224 g/mol. The van der Waals surface area contributed by atoms with Crippen molar-refractivity contribution in [2.24, 2.45) is 0 Å². The van der Waals surface area contributed by atoms with Crippen molar-refractivity contribution in [3.05, 3.63) is 30.3 Å². The molecule has 6 heteroatoms. The summed E-state index contributed by atoms with van der Waals surface area (Å²) in [7, 11) is -4.29. The third kappa shape index (κ3) is 3.16. The van der Waals surface area contributed by atoms with E-state index in [1.54, 1.807) is 6.07 Å². The first-order valence-corrected chi connectivity index (χ1v) is 5.60. The highest BCUT2D eigenvalue weighted by Crippen LogP contribution is 2.44. The largest absolute Gasteiger partial charge is 0.398 e. The van der Waals surface area contributed by atoms with Crippen molar-refractivity contribution >= 4 is 12.7 Å². The van der Waals surface area contributed by atoms with Gasteiger partial charge >= 0.3 is 6.18 Å². The van der Waals surface area contributed by atoms with Crippen molar-refractivity contribution in [1.82, 2.24) is 0 Å². The van der Waals surface area contributed by atoms with Crippen molar-refractivity contribution in [1.29, 1.82) is 0 Å². The Bertz CT molecular complexity index is 347. The lowest BCUT2D eigenvalue weighted by Crippen LogP contribution is -2.19. The van der Waals surface area contributed by atoms with Gasteiger partial charge < -0.3 is 4.89 Å². The Kier molecular flexibility index (Phi) is 3.02. The monoisotopic (exact) mass is 224 g/mol. The molecule has 0 aromatic heterocycles. The molecule has 0 fully saturated rings. The highest BCUT2D eigenvalue weighted by Gasteiger charge is 2.38. The first kappa shape index (κ1) is 11.3. The van der Waals surface area contributed by atoms with Crippen molar-refractivity contribution in [2.75, 3.05) is 6.16 Å². The Balaban J connectivity index is 2.93. The smallest absolute Gasteiger partial charge is 0.341 e. The van der Waals surface area contributed by atoms with Crippen LogP contribution in [0.4, 0.5) is 13.2 Å². The molecule has 0 heterocycles. The standard InChI is InChI=1S/C8H8F3O2P/c9-8(10,11)6-14(12,13)7-4-2-1-3-5-7/h1-5H,6H2,(H,12,13). The zero-order valence-electron chi connectivity index (χ0n) is 7.03. The fourth-order valence-corrected chi connectivity index (χ4v) is 2.30. The quantitative estimate of drug-likeness (QED) is 0.781. The molecule has 0 aliphatic heterocycles. The molecule has 2 nitrogen and oxygen atoms in total. The molecule has 1 unspecified atom stereocenters. The SMILES string of the molecule is O=P(O)(CC(F)(F)F)c1ccccc1. The first-order chi connectivity index (χ1) is 6.31. The number of alkyl halides is 3. The zero-order chi connectivity index (χ0) is 10.8. The van der Waals surface area contributed by atoms with E-state index in [0.29, 0.717) is 0 Å². The van der Waals surface area contributed by atoms with Crippen molar-refractivity contribution in [2.45, 2.75) is 6.18 Å². The minimum Gasteiger partial charge on any atom is -0.341 e. The zero-order valence-corrected chi connectivity index (χ0v) is 7.92. The molecule has 1 aromatic carbocycles. The normalized spacial score (nSPS) is 16.3. The Labute approximate surface area is 78.8 Å². The van der Waals surface area contributed by atoms with E-state index in [1.165, 1.54) is 24.3 Å². The summed E-state index contributed by atoms with van der Waals surface area (Å²) in [4.78, 5) is 9.16. The van der Waals surface area contributed by atoms with Crippen LogP contribution in [-0.2, 0) is 4.57 Å². The summed E-state index contributed by atoms with van der Waals surface area (Å²) in [5.74, 6) is 0. The molecule has 1 aromatic rings. The van der Waals surface area contributed by atoms with E-state index < -0.39 is 19.7 Å². The number of halogens is 3. The van der Waals surface area contributed by atoms with Gasteiger partial charge in [0.2, 0.25) is 7.37 Å². The minimum absolute atomic E-state index is 0.169. The molecule has 1 atom stereocenters. The summed E-state index contributed by atoms with van der Waals surface area (Å²) < 4.78 is 47.0. The lowest BCUT2D eigenvalue weighted by Gasteiger charge is -2.13. The van der Waals surface area contributed by atoms with Crippen LogP contribution in [-0.4, -0.2) is 17.2 Å². The van der Waals surface area contributed by atoms with E-state index >= 15 is 0 Å². The van der Waals surface area contributed by atoms with E-state index in [9.17, 15) is 17.7 Å². The third-order valence-electron chi connectivity index (χ3n) is 1.55. The summed E-state index contributed by atoms with van der Waals surface area (Å²) >= 11 is 0. The topological polar surface area (TPSA) is 37.3 Å². The molecular weight excluding hydrogens is 216 g/mol. The molecule has 0 aliphatic carbocycles. The Hall–Kier alpha value is -0.800. The van der Waals surface area contributed by atoms with Crippen LogP contribution >= 0.6 is 7.37 Å². The number of hydrogen-bond donors (Lipinski definition) is 1. The molecule has 0 aliphatic rings. The molecular formula is C8H8F3O2P. The van der Waals surface area contributed by atoms with Gasteiger partial charge in [-0.05, 0) is 12.1 Å².